The van der Waals surface area contributed by atoms with E-state index in [1.54, 1.807) is 25.3 Å². The number of pyridine rings is 1. The second kappa shape index (κ2) is 6.38. The molecule has 0 aliphatic carbocycles. The van der Waals surface area contributed by atoms with Crippen LogP contribution in [0.1, 0.15) is 17.3 Å². The van der Waals surface area contributed by atoms with Crippen molar-refractivity contribution in [2.75, 3.05) is 6.61 Å². The number of rotatable bonds is 3. The zero-order valence-corrected chi connectivity index (χ0v) is 14.0. The summed E-state index contributed by atoms with van der Waals surface area (Å²) in [5.74, 6) is -0.607. The first-order chi connectivity index (χ1) is 11.1. The van der Waals surface area contributed by atoms with Crippen LogP contribution in [0.25, 0.3) is 16.6 Å². The topological polar surface area (TPSA) is 48.3 Å². The first-order valence-electron chi connectivity index (χ1n) is 7.20. The molecule has 0 amide bonds. The Morgan fingerprint density at radius 1 is 1.13 bits per heavy atom. The molecule has 5 heteroatoms. The predicted molar refractivity (Wildman–Crippen MR) is 93.2 cm³/mol. The Morgan fingerprint density at radius 2 is 1.83 bits per heavy atom. The minimum Gasteiger partial charge on any atom is -0.462 e. The van der Waals surface area contributed by atoms with Crippen LogP contribution in [0.3, 0.4) is 0 Å². The second-order valence-electron chi connectivity index (χ2n) is 4.93. The highest BCUT2D eigenvalue weighted by Crippen LogP contribution is 2.24. The number of hydrogen-bond donors (Lipinski definition) is 0. The summed E-state index contributed by atoms with van der Waals surface area (Å²) in [5.41, 5.74) is 1.29. The van der Waals surface area contributed by atoms with E-state index in [0.29, 0.717) is 5.39 Å². The molecule has 0 N–H and O–H groups in total. The average Bonchev–Trinajstić information content (AvgIpc) is 2.56. The van der Waals surface area contributed by atoms with E-state index in [1.165, 1.54) is 0 Å². The van der Waals surface area contributed by atoms with Gasteiger partial charge in [-0.3, -0.25) is 4.79 Å². The van der Waals surface area contributed by atoms with Crippen molar-refractivity contribution >= 4 is 32.8 Å². The molecule has 3 rings (SSSR count). The summed E-state index contributed by atoms with van der Waals surface area (Å²) in [4.78, 5) is 24.7. The number of halogens is 1. The van der Waals surface area contributed by atoms with Crippen LogP contribution in [-0.2, 0) is 4.74 Å². The zero-order valence-electron chi connectivity index (χ0n) is 12.5. The minimum atomic E-state index is -0.607. The summed E-state index contributed by atoms with van der Waals surface area (Å²) < 4.78 is 7.71. The van der Waals surface area contributed by atoms with E-state index in [2.05, 4.69) is 15.9 Å². The molecule has 23 heavy (non-hydrogen) atoms. The molecule has 0 saturated heterocycles. The van der Waals surface area contributed by atoms with Gasteiger partial charge in [-0.1, -0.05) is 24.3 Å². The maximum absolute atomic E-state index is 12.6. The van der Waals surface area contributed by atoms with E-state index >= 15 is 0 Å². The Hall–Kier alpha value is -2.40. The molecule has 0 radical (unpaired) electrons. The number of aromatic nitrogens is 1. The number of para-hydroxylation sites is 2. The molecule has 0 spiro atoms. The molecule has 0 saturated carbocycles. The van der Waals surface area contributed by atoms with Crippen LogP contribution in [0.2, 0.25) is 0 Å². The Kier molecular flexibility index (Phi) is 4.30. The van der Waals surface area contributed by atoms with Gasteiger partial charge >= 0.3 is 5.97 Å². The quantitative estimate of drug-likeness (QED) is 0.655. The van der Waals surface area contributed by atoms with Gasteiger partial charge in [-0.05, 0) is 47.1 Å². The Labute approximate surface area is 141 Å². The highest BCUT2D eigenvalue weighted by Gasteiger charge is 2.17. The molecule has 0 aliphatic heterocycles. The Balaban J connectivity index is 2.37. The molecule has 0 bridgehead atoms. The number of nitrogens with zero attached hydrogens (tertiary/aromatic N) is 1. The van der Waals surface area contributed by atoms with E-state index in [-0.39, 0.29) is 17.6 Å². The van der Waals surface area contributed by atoms with Crippen molar-refractivity contribution < 1.29 is 9.53 Å². The maximum Gasteiger partial charge on any atom is 0.343 e. The van der Waals surface area contributed by atoms with Gasteiger partial charge in [0, 0.05) is 16.1 Å². The third-order valence-electron chi connectivity index (χ3n) is 3.52. The van der Waals surface area contributed by atoms with E-state index in [0.717, 1.165) is 15.7 Å². The van der Waals surface area contributed by atoms with Crippen LogP contribution in [-0.4, -0.2) is 17.1 Å². The molecule has 0 fully saturated rings. The normalized spacial score (nSPS) is 10.7. The van der Waals surface area contributed by atoms with Gasteiger partial charge < -0.3 is 9.30 Å². The molecule has 116 valence electrons. The number of carbonyl (C=O) groups excluding carboxylic acids is 1. The van der Waals surface area contributed by atoms with Crippen molar-refractivity contribution in [3.63, 3.8) is 0 Å². The standard InChI is InChI=1S/C18H14BrNO3/c1-2-23-18(22)13-11-20(16-10-6-4-8-14(16)19)15-9-5-3-7-12(15)17(13)21/h3-11H,2H2,1H3. The van der Waals surface area contributed by atoms with Crippen molar-refractivity contribution in [2.45, 2.75) is 6.92 Å². The van der Waals surface area contributed by atoms with E-state index < -0.39 is 5.97 Å². The van der Waals surface area contributed by atoms with Crippen LogP contribution >= 0.6 is 15.9 Å². The number of fused-ring (bicyclic) bond motifs is 1. The molecule has 0 atom stereocenters. The fourth-order valence-electron chi connectivity index (χ4n) is 2.48. The highest BCUT2D eigenvalue weighted by atomic mass is 79.9. The van der Waals surface area contributed by atoms with Gasteiger partial charge in [-0.2, -0.15) is 0 Å². The monoisotopic (exact) mass is 371 g/mol. The van der Waals surface area contributed by atoms with Crippen molar-refractivity contribution in [3.8, 4) is 5.69 Å². The maximum atomic E-state index is 12.6. The Bertz CT molecular complexity index is 946. The molecule has 4 nitrogen and oxygen atoms in total. The largest absolute Gasteiger partial charge is 0.462 e. The molecule has 0 aliphatic rings. The summed E-state index contributed by atoms with van der Waals surface area (Å²) in [6.07, 6.45) is 1.54. The van der Waals surface area contributed by atoms with Crippen molar-refractivity contribution in [3.05, 3.63) is 75.0 Å². The number of hydrogen-bond acceptors (Lipinski definition) is 3. The van der Waals surface area contributed by atoms with Gasteiger partial charge in [0.25, 0.3) is 0 Å². The lowest BCUT2D eigenvalue weighted by molar-refractivity contribution is 0.0524. The second-order valence-corrected chi connectivity index (χ2v) is 5.79. The molecule has 2 aromatic carbocycles. The van der Waals surface area contributed by atoms with Gasteiger partial charge in [0.05, 0.1) is 17.8 Å². The van der Waals surface area contributed by atoms with Gasteiger partial charge in [0.1, 0.15) is 5.56 Å². The predicted octanol–water partition coefficient (Wildman–Crippen LogP) is 3.93. The molecule has 0 unspecified atom stereocenters. The number of benzene rings is 2. The SMILES string of the molecule is CCOC(=O)c1cn(-c2ccccc2Br)c2ccccc2c1=O. The molecule has 3 aromatic rings. The van der Waals surface area contributed by atoms with Crippen LogP contribution in [0.15, 0.2) is 64.0 Å². The first kappa shape index (κ1) is 15.5. The lowest BCUT2D eigenvalue weighted by Gasteiger charge is -2.14. The van der Waals surface area contributed by atoms with E-state index in [1.807, 2.05) is 41.0 Å². The first-order valence-corrected chi connectivity index (χ1v) is 7.99. The molecular weight excluding hydrogens is 358 g/mol. The average molecular weight is 372 g/mol. The summed E-state index contributed by atoms with van der Waals surface area (Å²) >= 11 is 3.51. The van der Waals surface area contributed by atoms with E-state index in [4.69, 9.17) is 4.74 Å². The number of carbonyl (C=O) groups is 1. The van der Waals surface area contributed by atoms with Crippen molar-refractivity contribution in [1.29, 1.82) is 0 Å². The van der Waals surface area contributed by atoms with Crippen molar-refractivity contribution in [2.24, 2.45) is 0 Å². The summed E-state index contributed by atoms with van der Waals surface area (Å²) in [7, 11) is 0. The highest BCUT2D eigenvalue weighted by molar-refractivity contribution is 9.10. The summed E-state index contributed by atoms with van der Waals surface area (Å²) in [5, 5.41) is 0.480. The van der Waals surface area contributed by atoms with Gasteiger partial charge in [-0.25, -0.2) is 4.79 Å². The lowest BCUT2D eigenvalue weighted by atomic mass is 10.1. The van der Waals surface area contributed by atoms with Crippen LogP contribution in [0.4, 0.5) is 0 Å². The minimum absolute atomic E-state index is 0.0290. The Morgan fingerprint density at radius 3 is 2.57 bits per heavy atom. The van der Waals surface area contributed by atoms with Crippen molar-refractivity contribution in [1.82, 2.24) is 4.57 Å². The fraction of sp³-hybridized carbons (Fsp3) is 0.111. The lowest BCUT2D eigenvalue weighted by Crippen LogP contribution is -2.20. The molecular formula is C18H14BrNO3. The van der Waals surface area contributed by atoms with Crippen LogP contribution in [0, 0.1) is 0 Å². The third-order valence-corrected chi connectivity index (χ3v) is 4.19. The van der Waals surface area contributed by atoms with Gasteiger partial charge in [-0.15, -0.1) is 0 Å². The van der Waals surface area contributed by atoms with Gasteiger partial charge in [0.15, 0.2) is 0 Å². The third kappa shape index (κ3) is 2.80. The number of ether oxygens (including phenoxy) is 1. The number of esters is 1. The fourth-order valence-corrected chi connectivity index (χ4v) is 2.95. The van der Waals surface area contributed by atoms with Gasteiger partial charge in [0.2, 0.25) is 5.43 Å². The van der Waals surface area contributed by atoms with Crippen LogP contribution < -0.4 is 5.43 Å². The zero-order chi connectivity index (χ0) is 16.4. The molecule has 1 heterocycles. The smallest absolute Gasteiger partial charge is 0.343 e. The summed E-state index contributed by atoms with van der Waals surface area (Å²) in [6.45, 7) is 1.94. The molecule has 1 aromatic heterocycles. The van der Waals surface area contributed by atoms with E-state index in [9.17, 15) is 9.59 Å². The van der Waals surface area contributed by atoms with Crippen LogP contribution in [0.5, 0.6) is 0 Å². The summed E-state index contributed by atoms with van der Waals surface area (Å²) in [6, 6.07) is 14.8.